The first-order valence-corrected chi connectivity index (χ1v) is 8.29. The average molecular weight is 363 g/mol. The molecular formula is C20H24ClFN2O. The maximum Gasteiger partial charge on any atom is 0.238 e. The number of fused-ring (bicyclic) bond motifs is 1. The van der Waals surface area contributed by atoms with Gasteiger partial charge in [-0.3, -0.25) is 0 Å². The Balaban J connectivity index is 0.00000225. The molecule has 0 saturated carbocycles. The monoisotopic (exact) mass is 362 g/mol. The van der Waals surface area contributed by atoms with Crippen LogP contribution in [0, 0.1) is 25.6 Å². The molecule has 0 aliphatic carbocycles. The Morgan fingerprint density at radius 2 is 1.80 bits per heavy atom. The summed E-state index contributed by atoms with van der Waals surface area (Å²) in [5.74, 6) is 0.925. The third-order valence-corrected chi connectivity index (χ3v) is 4.35. The first-order valence-electron chi connectivity index (χ1n) is 8.29. The van der Waals surface area contributed by atoms with Gasteiger partial charge in [0.1, 0.15) is 17.9 Å². The lowest BCUT2D eigenvalue weighted by atomic mass is 10.2. The van der Waals surface area contributed by atoms with Crippen molar-refractivity contribution in [3.63, 3.8) is 0 Å². The number of nitrogens with zero attached hydrogens (tertiary/aromatic N) is 2. The fourth-order valence-corrected chi connectivity index (χ4v) is 2.99. The zero-order valence-electron chi connectivity index (χ0n) is 15.0. The lowest BCUT2D eigenvalue weighted by Crippen LogP contribution is -2.08. The van der Waals surface area contributed by atoms with Gasteiger partial charge in [0.2, 0.25) is 5.88 Å². The smallest absolute Gasteiger partial charge is 0.238 e. The molecule has 0 unspecified atom stereocenters. The molecule has 25 heavy (non-hydrogen) atoms. The van der Waals surface area contributed by atoms with Crippen LogP contribution in [0.25, 0.3) is 10.9 Å². The highest BCUT2D eigenvalue weighted by atomic mass is 35.5. The van der Waals surface area contributed by atoms with Crippen LogP contribution in [-0.2, 0) is 13.2 Å². The molecular weight excluding hydrogens is 339 g/mol. The minimum atomic E-state index is -0.240. The summed E-state index contributed by atoms with van der Waals surface area (Å²) in [5.41, 5.74) is 4.48. The Morgan fingerprint density at radius 3 is 2.44 bits per heavy atom. The highest BCUT2D eigenvalue weighted by Gasteiger charge is 2.17. The Morgan fingerprint density at radius 1 is 1.12 bits per heavy atom. The van der Waals surface area contributed by atoms with Crippen molar-refractivity contribution in [1.29, 1.82) is 0 Å². The van der Waals surface area contributed by atoms with Gasteiger partial charge in [0.15, 0.2) is 0 Å². The second-order valence-electron chi connectivity index (χ2n) is 6.64. The summed E-state index contributed by atoms with van der Waals surface area (Å²) in [5, 5.41) is 1.18. The highest BCUT2D eigenvalue weighted by Crippen LogP contribution is 2.31. The Bertz CT molecular complexity index is 856. The molecule has 0 bridgehead atoms. The van der Waals surface area contributed by atoms with Crippen molar-refractivity contribution in [3.8, 4) is 5.88 Å². The third kappa shape index (κ3) is 3.96. The van der Waals surface area contributed by atoms with Crippen molar-refractivity contribution in [3.05, 3.63) is 59.2 Å². The van der Waals surface area contributed by atoms with E-state index in [1.165, 1.54) is 28.8 Å². The molecule has 0 saturated heterocycles. The third-order valence-electron chi connectivity index (χ3n) is 4.35. The molecule has 0 radical (unpaired) electrons. The quantitative estimate of drug-likeness (QED) is 0.603. The average Bonchev–Trinajstić information content (AvgIpc) is 2.80. The maximum absolute atomic E-state index is 13.0. The number of halogens is 2. The van der Waals surface area contributed by atoms with E-state index < -0.39 is 0 Å². The van der Waals surface area contributed by atoms with Gasteiger partial charge < -0.3 is 9.30 Å². The van der Waals surface area contributed by atoms with E-state index in [4.69, 9.17) is 4.74 Å². The maximum atomic E-state index is 13.0. The van der Waals surface area contributed by atoms with Gasteiger partial charge in [-0.2, -0.15) is 0 Å². The van der Waals surface area contributed by atoms with Crippen LogP contribution in [0.3, 0.4) is 0 Å². The number of rotatable bonds is 5. The van der Waals surface area contributed by atoms with Crippen molar-refractivity contribution in [2.45, 2.75) is 40.8 Å². The van der Waals surface area contributed by atoms with Gasteiger partial charge in [-0.15, -0.1) is 12.4 Å². The summed E-state index contributed by atoms with van der Waals surface area (Å²) in [6.45, 7) is 9.98. The van der Waals surface area contributed by atoms with E-state index in [1.807, 2.05) is 6.07 Å². The molecule has 0 aliphatic rings. The van der Waals surface area contributed by atoms with E-state index in [9.17, 15) is 4.39 Å². The molecule has 0 amide bonds. The zero-order valence-corrected chi connectivity index (χ0v) is 15.9. The van der Waals surface area contributed by atoms with E-state index in [-0.39, 0.29) is 18.2 Å². The largest absolute Gasteiger partial charge is 0.471 e. The summed E-state index contributed by atoms with van der Waals surface area (Å²) in [7, 11) is 0. The number of pyridine rings is 1. The number of hydrogen-bond acceptors (Lipinski definition) is 2. The SMILES string of the molecule is Cc1c(C)n(CC(C)C)c2c(OCc3ccc(F)cc3)nccc12.Cl. The summed E-state index contributed by atoms with van der Waals surface area (Å²) < 4.78 is 21.3. The molecule has 3 aromatic rings. The molecule has 134 valence electrons. The van der Waals surface area contributed by atoms with E-state index >= 15 is 0 Å². The molecule has 0 aliphatic heterocycles. The van der Waals surface area contributed by atoms with Crippen LogP contribution in [0.2, 0.25) is 0 Å². The number of benzene rings is 1. The summed E-state index contributed by atoms with van der Waals surface area (Å²) in [6.07, 6.45) is 1.79. The standard InChI is InChI=1S/C20H23FN2O.ClH/c1-13(2)11-23-15(4)14(3)18-9-10-22-20(19(18)23)24-12-16-5-7-17(21)8-6-16;/h5-10,13H,11-12H2,1-4H3;1H. The normalized spacial score (nSPS) is 11.0. The topological polar surface area (TPSA) is 27.1 Å². The Kier molecular flexibility index (Phi) is 6.07. The van der Waals surface area contributed by atoms with Gasteiger partial charge in [0, 0.05) is 23.8 Å². The molecule has 0 spiro atoms. The van der Waals surface area contributed by atoms with Crippen LogP contribution in [0.15, 0.2) is 36.5 Å². The number of ether oxygens (including phenoxy) is 1. The van der Waals surface area contributed by atoms with Crippen LogP contribution < -0.4 is 4.74 Å². The Hall–Kier alpha value is -2.07. The van der Waals surface area contributed by atoms with Crippen LogP contribution in [0.5, 0.6) is 5.88 Å². The first kappa shape index (κ1) is 19.3. The molecule has 5 heteroatoms. The molecule has 0 fully saturated rings. The highest BCUT2D eigenvalue weighted by molar-refractivity contribution is 5.88. The van der Waals surface area contributed by atoms with Gasteiger partial charge in [-0.25, -0.2) is 9.37 Å². The van der Waals surface area contributed by atoms with E-state index in [0.29, 0.717) is 18.4 Å². The fourth-order valence-electron chi connectivity index (χ4n) is 2.99. The van der Waals surface area contributed by atoms with Gasteiger partial charge in [-0.1, -0.05) is 26.0 Å². The Labute approximate surface area is 154 Å². The van der Waals surface area contributed by atoms with Crippen LogP contribution in [0.4, 0.5) is 4.39 Å². The number of aromatic nitrogens is 2. The minimum Gasteiger partial charge on any atom is -0.471 e. The lowest BCUT2D eigenvalue weighted by Gasteiger charge is -2.13. The van der Waals surface area contributed by atoms with E-state index in [1.54, 1.807) is 18.3 Å². The van der Waals surface area contributed by atoms with E-state index in [0.717, 1.165) is 17.6 Å². The fraction of sp³-hybridized carbons (Fsp3) is 0.350. The molecule has 1 aromatic carbocycles. The van der Waals surface area contributed by atoms with Gasteiger partial charge in [0.25, 0.3) is 0 Å². The second-order valence-corrected chi connectivity index (χ2v) is 6.64. The molecule has 0 N–H and O–H groups in total. The van der Waals surface area contributed by atoms with Crippen LogP contribution in [-0.4, -0.2) is 9.55 Å². The molecule has 0 atom stereocenters. The lowest BCUT2D eigenvalue weighted by molar-refractivity contribution is 0.296. The molecule has 2 aromatic heterocycles. The van der Waals surface area contributed by atoms with Crippen molar-refractivity contribution in [2.24, 2.45) is 5.92 Å². The van der Waals surface area contributed by atoms with Gasteiger partial charge >= 0.3 is 0 Å². The van der Waals surface area contributed by atoms with Crippen LogP contribution in [0.1, 0.15) is 30.7 Å². The van der Waals surface area contributed by atoms with Crippen molar-refractivity contribution in [2.75, 3.05) is 0 Å². The number of hydrogen-bond donors (Lipinski definition) is 0. The van der Waals surface area contributed by atoms with E-state index in [2.05, 4.69) is 37.2 Å². The zero-order chi connectivity index (χ0) is 17.3. The summed E-state index contributed by atoms with van der Waals surface area (Å²) in [6, 6.07) is 8.41. The first-order chi connectivity index (χ1) is 11.5. The predicted octanol–water partition coefficient (Wildman–Crippen LogP) is 5.45. The summed E-state index contributed by atoms with van der Waals surface area (Å²) in [4.78, 5) is 4.44. The van der Waals surface area contributed by atoms with Crippen LogP contribution >= 0.6 is 12.4 Å². The van der Waals surface area contributed by atoms with Gasteiger partial charge in [-0.05, 0) is 49.1 Å². The molecule has 3 nitrogen and oxygen atoms in total. The van der Waals surface area contributed by atoms with Crippen molar-refractivity contribution >= 4 is 23.3 Å². The molecule has 2 heterocycles. The summed E-state index contributed by atoms with van der Waals surface area (Å²) >= 11 is 0. The molecule has 3 rings (SSSR count). The predicted molar refractivity (Wildman–Crippen MR) is 102 cm³/mol. The number of aryl methyl sites for hydroxylation is 1. The van der Waals surface area contributed by atoms with Gasteiger partial charge in [0.05, 0.1) is 0 Å². The van der Waals surface area contributed by atoms with Crippen molar-refractivity contribution < 1.29 is 9.13 Å². The minimum absolute atomic E-state index is 0. The van der Waals surface area contributed by atoms with Crippen molar-refractivity contribution in [1.82, 2.24) is 9.55 Å². The second kappa shape index (κ2) is 7.87.